The molecule has 2 aromatic rings. The molecule has 1 fully saturated rings. The zero-order valence-corrected chi connectivity index (χ0v) is 24.3. The van der Waals surface area contributed by atoms with Crippen molar-refractivity contribution in [3.63, 3.8) is 0 Å². The molecule has 2 aromatic carbocycles. The summed E-state index contributed by atoms with van der Waals surface area (Å²) in [5.74, 6) is -1.57. The maximum absolute atomic E-state index is 12.7. The molecule has 12 nitrogen and oxygen atoms in total. The fraction of sp³-hybridized carbons (Fsp3) is 0.500. The third-order valence-electron chi connectivity index (χ3n) is 6.67. The summed E-state index contributed by atoms with van der Waals surface area (Å²) >= 11 is 0. The number of nitrogens with zero attached hydrogens (tertiary/aromatic N) is 2. The number of benzene rings is 2. The number of nitrogens with one attached hydrogen (secondary N) is 2. The van der Waals surface area contributed by atoms with Crippen molar-refractivity contribution in [3.8, 4) is 5.75 Å². The van der Waals surface area contributed by atoms with Crippen LogP contribution in [0.3, 0.4) is 0 Å². The Labute approximate surface area is 235 Å². The lowest BCUT2D eigenvalue weighted by atomic mass is 10.0. The number of hydrogen-bond donors (Lipinski definition) is 5. The molecule has 3 rings (SSSR count). The monoisotopic (exact) mass is 598 g/mol. The molecular weight excluding hydrogens is 560 g/mol. The summed E-state index contributed by atoms with van der Waals surface area (Å²) in [6, 6.07) is 11.3. The first-order chi connectivity index (χ1) is 18.8. The first kappa shape index (κ1) is 31.5. The van der Waals surface area contributed by atoms with Gasteiger partial charge in [-0.05, 0) is 61.2 Å². The summed E-state index contributed by atoms with van der Waals surface area (Å²) in [4.78, 5) is 13.5. The minimum atomic E-state index is -3.76. The smallest absolute Gasteiger partial charge is 0.324 e. The molecule has 1 atom stereocenters. The molecule has 0 amide bonds. The summed E-state index contributed by atoms with van der Waals surface area (Å²) in [6.07, 6.45) is 2.79. The highest BCUT2D eigenvalue weighted by atomic mass is 32.2. The number of aromatic hydroxyl groups is 1. The fourth-order valence-electron chi connectivity index (χ4n) is 4.52. The standard InChI is InChI=1S/C26H38N4O8S2/c1-3-4-15-40(37,38)30(18-26(33)34)22-8-6-21(7-9-22)29-13-11-20(12-14-29)27-17-25(32)19-5-10-24(31)23(16-19)28-39(2,35)36/h5-10,16,20,25,27-28,31-32H,3-4,11-15,17-18H2,1-2H3,(H,33,34)/t25-/m0/s1. The molecule has 1 saturated heterocycles. The summed E-state index contributed by atoms with van der Waals surface area (Å²) in [5, 5.41) is 33.1. The number of rotatable bonds is 14. The van der Waals surface area contributed by atoms with E-state index in [0.29, 0.717) is 24.1 Å². The van der Waals surface area contributed by atoms with Crippen LogP contribution in [-0.2, 0) is 24.8 Å². The van der Waals surface area contributed by atoms with Gasteiger partial charge in [-0.3, -0.25) is 13.8 Å². The highest BCUT2D eigenvalue weighted by Gasteiger charge is 2.25. The van der Waals surface area contributed by atoms with Crippen molar-refractivity contribution in [2.45, 2.75) is 44.8 Å². The Kier molecular flexibility index (Phi) is 10.6. The molecule has 0 bridgehead atoms. The van der Waals surface area contributed by atoms with E-state index in [2.05, 4.69) is 14.9 Å². The molecule has 40 heavy (non-hydrogen) atoms. The lowest BCUT2D eigenvalue weighted by molar-refractivity contribution is -0.135. The zero-order valence-electron chi connectivity index (χ0n) is 22.7. The van der Waals surface area contributed by atoms with Crippen LogP contribution in [0.5, 0.6) is 5.75 Å². The third-order valence-corrected chi connectivity index (χ3v) is 9.08. The number of anilines is 3. The van der Waals surface area contributed by atoms with Crippen LogP contribution >= 0.6 is 0 Å². The largest absolute Gasteiger partial charge is 0.506 e. The van der Waals surface area contributed by atoms with Crippen molar-refractivity contribution in [3.05, 3.63) is 48.0 Å². The molecular formula is C26H38N4O8S2. The minimum absolute atomic E-state index is 0.00279. The molecule has 1 aliphatic heterocycles. The number of unbranched alkanes of at least 4 members (excludes halogenated alkanes) is 1. The van der Waals surface area contributed by atoms with Crippen molar-refractivity contribution < 1.29 is 36.9 Å². The zero-order chi connectivity index (χ0) is 29.5. The van der Waals surface area contributed by atoms with E-state index in [1.165, 1.54) is 18.2 Å². The molecule has 1 heterocycles. The maximum atomic E-state index is 12.7. The summed E-state index contributed by atoms with van der Waals surface area (Å²) in [5.41, 5.74) is 1.68. The molecule has 222 valence electrons. The Balaban J connectivity index is 1.56. The predicted molar refractivity (Wildman–Crippen MR) is 155 cm³/mol. The van der Waals surface area contributed by atoms with E-state index in [1.54, 1.807) is 24.3 Å². The van der Waals surface area contributed by atoms with Gasteiger partial charge >= 0.3 is 5.97 Å². The number of carbonyl (C=O) groups is 1. The van der Waals surface area contributed by atoms with Gasteiger partial charge in [0.25, 0.3) is 0 Å². The van der Waals surface area contributed by atoms with Gasteiger partial charge in [-0.2, -0.15) is 0 Å². The average molecular weight is 599 g/mol. The average Bonchev–Trinajstić information content (AvgIpc) is 2.90. The van der Waals surface area contributed by atoms with Gasteiger partial charge in [0.05, 0.1) is 29.5 Å². The first-order valence-electron chi connectivity index (χ1n) is 13.1. The second-order valence-electron chi connectivity index (χ2n) is 9.92. The van der Waals surface area contributed by atoms with Crippen LogP contribution in [-0.4, -0.2) is 82.4 Å². The van der Waals surface area contributed by atoms with E-state index in [-0.39, 0.29) is 29.8 Å². The number of carboxylic acid groups (broad SMARTS) is 1. The summed E-state index contributed by atoms with van der Waals surface area (Å²) < 4.78 is 51.6. The molecule has 5 N–H and O–H groups in total. The van der Waals surface area contributed by atoms with Crippen LogP contribution in [0.25, 0.3) is 0 Å². The van der Waals surface area contributed by atoms with E-state index in [4.69, 9.17) is 0 Å². The van der Waals surface area contributed by atoms with Crippen LogP contribution < -0.4 is 19.2 Å². The van der Waals surface area contributed by atoms with Crippen LogP contribution in [0.15, 0.2) is 42.5 Å². The Hall–Kier alpha value is -3.07. The van der Waals surface area contributed by atoms with Crippen LogP contribution in [0.4, 0.5) is 17.1 Å². The van der Waals surface area contributed by atoms with Crippen molar-refractivity contribution in [1.82, 2.24) is 5.32 Å². The van der Waals surface area contributed by atoms with Gasteiger partial charge in [0.2, 0.25) is 20.0 Å². The van der Waals surface area contributed by atoms with Crippen LogP contribution in [0.2, 0.25) is 0 Å². The molecule has 0 radical (unpaired) electrons. The Morgan fingerprint density at radius 1 is 1.10 bits per heavy atom. The fourth-order valence-corrected chi connectivity index (χ4v) is 6.71. The molecule has 0 spiro atoms. The van der Waals surface area contributed by atoms with E-state index in [1.807, 2.05) is 6.92 Å². The summed E-state index contributed by atoms with van der Waals surface area (Å²) in [7, 11) is -7.34. The highest BCUT2D eigenvalue weighted by molar-refractivity contribution is 7.92. The number of phenols is 1. The lowest BCUT2D eigenvalue weighted by Crippen LogP contribution is -2.43. The molecule has 0 unspecified atom stereocenters. The number of aliphatic hydroxyl groups excluding tert-OH is 1. The van der Waals surface area contributed by atoms with Crippen molar-refractivity contribution in [1.29, 1.82) is 0 Å². The number of aliphatic hydroxyl groups is 1. The van der Waals surface area contributed by atoms with E-state index >= 15 is 0 Å². The normalized spacial score (nSPS) is 15.5. The first-order valence-corrected chi connectivity index (χ1v) is 16.6. The maximum Gasteiger partial charge on any atom is 0.324 e. The molecule has 1 aliphatic rings. The van der Waals surface area contributed by atoms with Crippen molar-refractivity contribution in [2.24, 2.45) is 0 Å². The van der Waals surface area contributed by atoms with Crippen LogP contribution in [0, 0.1) is 0 Å². The molecule has 14 heteroatoms. The minimum Gasteiger partial charge on any atom is -0.506 e. The number of phenolic OH excluding ortho intramolecular Hbond substituents is 1. The van der Waals surface area contributed by atoms with Gasteiger partial charge in [-0.15, -0.1) is 0 Å². The van der Waals surface area contributed by atoms with Crippen molar-refractivity contribution in [2.75, 3.05) is 52.1 Å². The Morgan fingerprint density at radius 2 is 1.75 bits per heavy atom. The lowest BCUT2D eigenvalue weighted by Gasteiger charge is -2.34. The van der Waals surface area contributed by atoms with Crippen LogP contribution in [0.1, 0.15) is 44.3 Å². The Morgan fingerprint density at radius 3 is 2.33 bits per heavy atom. The Bertz CT molecular complexity index is 1360. The van der Waals surface area contributed by atoms with Gasteiger partial charge in [0.15, 0.2) is 0 Å². The highest BCUT2D eigenvalue weighted by Crippen LogP contribution is 2.29. The third kappa shape index (κ3) is 8.98. The van der Waals surface area contributed by atoms with E-state index < -0.39 is 38.7 Å². The van der Waals surface area contributed by atoms with Gasteiger partial charge < -0.3 is 25.5 Å². The topological polar surface area (TPSA) is 177 Å². The quantitative estimate of drug-likeness (QED) is 0.202. The second-order valence-corrected chi connectivity index (χ2v) is 13.7. The molecule has 0 aromatic heterocycles. The number of piperidine rings is 1. The van der Waals surface area contributed by atoms with E-state index in [0.717, 1.165) is 42.2 Å². The van der Waals surface area contributed by atoms with Gasteiger partial charge in [0, 0.05) is 31.4 Å². The van der Waals surface area contributed by atoms with Crippen molar-refractivity contribution >= 4 is 43.1 Å². The van der Waals surface area contributed by atoms with Gasteiger partial charge in [-0.25, -0.2) is 16.8 Å². The van der Waals surface area contributed by atoms with E-state index in [9.17, 15) is 36.9 Å². The van der Waals surface area contributed by atoms with Gasteiger partial charge in [-0.1, -0.05) is 19.4 Å². The number of hydrogen-bond acceptors (Lipinski definition) is 9. The number of carboxylic acids is 1. The summed E-state index contributed by atoms with van der Waals surface area (Å²) in [6.45, 7) is 2.94. The number of sulfonamides is 2. The van der Waals surface area contributed by atoms with Gasteiger partial charge in [0.1, 0.15) is 12.3 Å². The molecule has 0 saturated carbocycles. The second kappa shape index (κ2) is 13.5. The number of aliphatic carboxylic acids is 1. The SMILES string of the molecule is CCCCS(=O)(=O)N(CC(=O)O)c1ccc(N2CCC(NC[C@H](O)c3ccc(O)c(NS(C)(=O)=O)c3)CC2)cc1. The predicted octanol–water partition coefficient (Wildman–Crippen LogP) is 2.08. The molecule has 0 aliphatic carbocycles.